The van der Waals surface area contributed by atoms with Crippen molar-refractivity contribution in [2.75, 3.05) is 26.2 Å². The van der Waals surface area contributed by atoms with Crippen molar-refractivity contribution in [3.8, 4) is 0 Å². The Bertz CT molecular complexity index is 223. The molecule has 0 aliphatic carbocycles. The minimum Gasteiger partial charge on any atom is -0.376 e. The Labute approximate surface area is 113 Å². The van der Waals surface area contributed by atoms with Gasteiger partial charge in [-0.3, -0.25) is 4.90 Å². The first-order chi connectivity index (χ1) is 8.60. The maximum atomic E-state index is 5.78. The second-order valence-electron chi connectivity index (χ2n) is 5.82. The van der Waals surface area contributed by atoms with Crippen LogP contribution in [-0.2, 0) is 4.74 Å². The Kier molecular flexibility index (Phi) is 7.20. The van der Waals surface area contributed by atoms with E-state index in [1.165, 1.54) is 12.8 Å². The molecule has 3 nitrogen and oxygen atoms in total. The van der Waals surface area contributed by atoms with Crippen LogP contribution in [0.3, 0.4) is 0 Å². The molecule has 18 heavy (non-hydrogen) atoms. The molecule has 108 valence electrons. The number of ether oxygens (including phenoxy) is 1. The summed E-state index contributed by atoms with van der Waals surface area (Å²) in [6, 6.07) is 1.23. The zero-order valence-corrected chi connectivity index (χ0v) is 12.9. The molecule has 1 rings (SSSR count). The zero-order valence-electron chi connectivity index (χ0n) is 12.9. The van der Waals surface area contributed by atoms with Crippen LogP contribution in [-0.4, -0.2) is 49.3 Å². The van der Waals surface area contributed by atoms with Crippen LogP contribution in [0.4, 0.5) is 0 Å². The Morgan fingerprint density at radius 2 is 2.06 bits per heavy atom. The molecule has 0 aromatic rings. The molecular formula is C15H32N2O. The summed E-state index contributed by atoms with van der Waals surface area (Å²) in [5.41, 5.74) is 0. The molecular weight excluding hydrogens is 224 g/mol. The third-order valence-electron chi connectivity index (χ3n) is 4.22. The van der Waals surface area contributed by atoms with Crippen molar-refractivity contribution in [3.05, 3.63) is 0 Å². The number of nitrogens with one attached hydrogen (secondary N) is 1. The third kappa shape index (κ3) is 4.52. The molecule has 0 amide bonds. The van der Waals surface area contributed by atoms with E-state index in [0.717, 1.165) is 26.2 Å². The second-order valence-corrected chi connectivity index (χ2v) is 5.82. The van der Waals surface area contributed by atoms with Crippen molar-refractivity contribution < 1.29 is 4.74 Å². The molecule has 1 saturated heterocycles. The van der Waals surface area contributed by atoms with Gasteiger partial charge in [-0.1, -0.05) is 20.8 Å². The van der Waals surface area contributed by atoms with Gasteiger partial charge in [0.1, 0.15) is 0 Å². The van der Waals surface area contributed by atoms with Crippen LogP contribution in [0.1, 0.15) is 47.5 Å². The van der Waals surface area contributed by atoms with Crippen molar-refractivity contribution in [2.45, 2.75) is 65.6 Å². The van der Waals surface area contributed by atoms with Gasteiger partial charge in [0.2, 0.25) is 0 Å². The Morgan fingerprint density at radius 3 is 2.67 bits per heavy atom. The van der Waals surface area contributed by atoms with Crippen molar-refractivity contribution >= 4 is 0 Å². The van der Waals surface area contributed by atoms with Gasteiger partial charge in [-0.15, -0.1) is 0 Å². The van der Waals surface area contributed by atoms with E-state index in [-0.39, 0.29) is 0 Å². The summed E-state index contributed by atoms with van der Waals surface area (Å²) in [7, 11) is 0. The van der Waals surface area contributed by atoms with Gasteiger partial charge in [0, 0.05) is 18.6 Å². The normalized spacial score (nSPS) is 29.2. The van der Waals surface area contributed by atoms with Gasteiger partial charge in [-0.25, -0.2) is 0 Å². The lowest BCUT2D eigenvalue weighted by Gasteiger charge is -2.44. The minimum absolute atomic E-state index is 0.381. The number of hydrogen-bond acceptors (Lipinski definition) is 3. The summed E-state index contributed by atoms with van der Waals surface area (Å²) in [6.45, 7) is 15.6. The molecule has 3 heteroatoms. The van der Waals surface area contributed by atoms with E-state index < -0.39 is 0 Å². The van der Waals surface area contributed by atoms with Crippen LogP contribution in [0.15, 0.2) is 0 Å². The van der Waals surface area contributed by atoms with E-state index in [4.69, 9.17) is 4.74 Å². The fourth-order valence-corrected chi connectivity index (χ4v) is 2.72. The second kappa shape index (κ2) is 8.13. The highest BCUT2D eigenvalue weighted by atomic mass is 16.5. The first kappa shape index (κ1) is 15.9. The number of nitrogens with zero attached hydrogens (tertiary/aromatic N) is 1. The standard InChI is InChI=1S/C15H32N2O/c1-6-8-16-9-12(3)14(5)17-10-13(4)18-11-15(17)7-2/h12-16H,6-11H2,1-5H3. The maximum Gasteiger partial charge on any atom is 0.0674 e. The number of rotatable bonds is 7. The van der Waals surface area contributed by atoms with E-state index in [1.807, 2.05) is 0 Å². The van der Waals surface area contributed by atoms with Crippen LogP contribution in [0, 0.1) is 5.92 Å². The van der Waals surface area contributed by atoms with Crippen LogP contribution in [0.25, 0.3) is 0 Å². The predicted molar refractivity (Wildman–Crippen MR) is 78.0 cm³/mol. The Morgan fingerprint density at radius 1 is 1.33 bits per heavy atom. The highest BCUT2D eigenvalue weighted by Crippen LogP contribution is 2.21. The smallest absolute Gasteiger partial charge is 0.0674 e. The van der Waals surface area contributed by atoms with Gasteiger partial charge in [0.05, 0.1) is 12.7 Å². The molecule has 0 aromatic heterocycles. The quantitative estimate of drug-likeness (QED) is 0.708. The van der Waals surface area contributed by atoms with Gasteiger partial charge < -0.3 is 10.1 Å². The Balaban J connectivity index is 2.47. The molecule has 0 radical (unpaired) electrons. The van der Waals surface area contributed by atoms with Crippen LogP contribution in [0.5, 0.6) is 0 Å². The number of morpholine rings is 1. The lowest BCUT2D eigenvalue weighted by atomic mass is 9.98. The Hall–Kier alpha value is -0.120. The summed E-state index contributed by atoms with van der Waals surface area (Å²) in [5, 5.41) is 3.54. The molecule has 0 aromatic carbocycles. The molecule has 0 spiro atoms. The average Bonchev–Trinajstić information content (AvgIpc) is 2.38. The molecule has 1 N–H and O–H groups in total. The first-order valence-corrected chi connectivity index (χ1v) is 7.68. The third-order valence-corrected chi connectivity index (χ3v) is 4.22. The monoisotopic (exact) mass is 256 g/mol. The first-order valence-electron chi connectivity index (χ1n) is 7.68. The highest BCUT2D eigenvalue weighted by Gasteiger charge is 2.31. The van der Waals surface area contributed by atoms with E-state index >= 15 is 0 Å². The van der Waals surface area contributed by atoms with E-state index in [2.05, 4.69) is 44.8 Å². The molecule has 1 aliphatic heterocycles. The summed E-state index contributed by atoms with van der Waals surface area (Å²) in [6.07, 6.45) is 2.78. The topological polar surface area (TPSA) is 24.5 Å². The fourth-order valence-electron chi connectivity index (χ4n) is 2.72. The summed E-state index contributed by atoms with van der Waals surface area (Å²) < 4.78 is 5.78. The van der Waals surface area contributed by atoms with Gasteiger partial charge in [0.25, 0.3) is 0 Å². The van der Waals surface area contributed by atoms with E-state index in [1.54, 1.807) is 0 Å². The largest absolute Gasteiger partial charge is 0.376 e. The molecule has 1 fully saturated rings. The van der Waals surface area contributed by atoms with Crippen molar-refractivity contribution in [3.63, 3.8) is 0 Å². The lowest BCUT2D eigenvalue weighted by Crippen LogP contribution is -2.54. The van der Waals surface area contributed by atoms with E-state index in [0.29, 0.717) is 24.1 Å². The van der Waals surface area contributed by atoms with Crippen LogP contribution < -0.4 is 5.32 Å². The number of hydrogen-bond donors (Lipinski definition) is 1. The van der Waals surface area contributed by atoms with Crippen LogP contribution >= 0.6 is 0 Å². The molecule has 0 saturated carbocycles. The van der Waals surface area contributed by atoms with Crippen LogP contribution in [0.2, 0.25) is 0 Å². The summed E-state index contributed by atoms with van der Waals surface area (Å²) in [4.78, 5) is 2.66. The fraction of sp³-hybridized carbons (Fsp3) is 1.00. The molecule has 4 atom stereocenters. The molecule has 1 aliphatic rings. The van der Waals surface area contributed by atoms with Crippen molar-refractivity contribution in [1.82, 2.24) is 10.2 Å². The van der Waals surface area contributed by atoms with Crippen molar-refractivity contribution in [2.24, 2.45) is 5.92 Å². The highest BCUT2D eigenvalue weighted by molar-refractivity contribution is 4.84. The molecule has 0 bridgehead atoms. The summed E-state index contributed by atoms with van der Waals surface area (Å²) >= 11 is 0. The average molecular weight is 256 g/mol. The predicted octanol–water partition coefficient (Wildman–Crippen LogP) is 2.51. The van der Waals surface area contributed by atoms with E-state index in [9.17, 15) is 0 Å². The summed E-state index contributed by atoms with van der Waals surface area (Å²) in [5.74, 6) is 0.691. The van der Waals surface area contributed by atoms with Gasteiger partial charge >= 0.3 is 0 Å². The SMILES string of the molecule is CCCNCC(C)C(C)N1CC(C)OCC1CC. The zero-order chi connectivity index (χ0) is 13.5. The molecule has 4 unspecified atom stereocenters. The van der Waals surface area contributed by atoms with Gasteiger partial charge in [0.15, 0.2) is 0 Å². The lowest BCUT2D eigenvalue weighted by molar-refractivity contribution is -0.0770. The minimum atomic E-state index is 0.381. The van der Waals surface area contributed by atoms with Crippen molar-refractivity contribution in [1.29, 1.82) is 0 Å². The van der Waals surface area contributed by atoms with Gasteiger partial charge in [-0.2, -0.15) is 0 Å². The van der Waals surface area contributed by atoms with Gasteiger partial charge in [-0.05, 0) is 45.7 Å². The molecule has 1 heterocycles. The maximum absolute atomic E-state index is 5.78.